The number of ether oxygens (including phenoxy) is 3. The van der Waals surface area contributed by atoms with Crippen molar-refractivity contribution in [2.75, 3.05) is 20.3 Å². The highest BCUT2D eigenvalue weighted by molar-refractivity contribution is 6.23. The minimum Gasteiger partial charge on any atom is -0.434 e. The van der Waals surface area contributed by atoms with E-state index in [1.54, 1.807) is 14.0 Å². The quantitative estimate of drug-likeness (QED) is 0.776. The monoisotopic (exact) mass is 387 g/mol. The Morgan fingerprint density at radius 3 is 2.61 bits per heavy atom. The van der Waals surface area contributed by atoms with Gasteiger partial charge in [0.15, 0.2) is 0 Å². The third-order valence-corrected chi connectivity index (χ3v) is 5.71. The Bertz CT molecular complexity index is 790. The lowest BCUT2D eigenvalue weighted by molar-refractivity contribution is -0.116. The molecule has 6 heteroatoms. The van der Waals surface area contributed by atoms with Crippen LogP contribution in [0.2, 0.25) is 0 Å². The predicted molar refractivity (Wildman–Crippen MR) is 106 cm³/mol. The number of hydrogen-bond donors (Lipinski definition) is 1. The summed E-state index contributed by atoms with van der Waals surface area (Å²) in [6.45, 7) is 6.58. The minimum atomic E-state index is -0.768. The molecule has 0 radical (unpaired) electrons. The van der Waals surface area contributed by atoms with Crippen molar-refractivity contribution < 1.29 is 23.8 Å². The van der Waals surface area contributed by atoms with E-state index in [1.807, 2.05) is 32.0 Å². The van der Waals surface area contributed by atoms with Crippen LogP contribution in [0.5, 0.6) is 0 Å². The van der Waals surface area contributed by atoms with Crippen molar-refractivity contribution in [2.45, 2.75) is 52.0 Å². The summed E-state index contributed by atoms with van der Waals surface area (Å²) in [4.78, 5) is 25.2. The molecule has 6 nitrogen and oxygen atoms in total. The molecule has 1 N–H and O–H groups in total. The maximum Gasteiger partial charge on any atom is 0.513 e. The van der Waals surface area contributed by atoms with E-state index in [2.05, 4.69) is 5.32 Å². The fourth-order valence-corrected chi connectivity index (χ4v) is 4.23. The Morgan fingerprint density at radius 2 is 1.96 bits per heavy atom. The summed E-state index contributed by atoms with van der Waals surface area (Å²) in [7, 11) is 1.70. The standard InChI is InChI=1S/C22H29NO5/c1-5-27-21(25)28-19-18(17-12-14(2)6-7-15(17)3)20(24)23-22(19)10-8-16(9-11-22)13-26-4/h6-7,12,16H,5,8-11,13H2,1-4H3,(H,23,24). The van der Waals surface area contributed by atoms with Gasteiger partial charge in [0, 0.05) is 13.7 Å². The van der Waals surface area contributed by atoms with Crippen LogP contribution in [-0.2, 0) is 19.0 Å². The molecule has 0 aromatic heterocycles. The molecule has 1 fully saturated rings. The maximum atomic E-state index is 13.0. The summed E-state index contributed by atoms with van der Waals surface area (Å²) in [5, 5.41) is 3.14. The van der Waals surface area contributed by atoms with Gasteiger partial charge < -0.3 is 19.5 Å². The molecular formula is C22H29NO5. The molecule has 1 spiro atoms. The fraction of sp³-hybridized carbons (Fsp3) is 0.545. The summed E-state index contributed by atoms with van der Waals surface area (Å²) < 4.78 is 16.0. The summed E-state index contributed by atoms with van der Waals surface area (Å²) in [5.41, 5.74) is 2.58. The maximum absolute atomic E-state index is 13.0. The summed E-state index contributed by atoms with van der Waals surface area (Å²) >= 11 is 0. The molecule has 1 aliphatic carbocycles. The highest BCUT2D eigenvalue weighted by atomic mass is 16.7. The Balaban J connectivity index is 2.04. The van der Waals surface area contributed by atoms with Crippen LogP contribution in [0.4, 0.5) is 4.79 Å². The van der Waals surface area contributed by atoms with E-state index in [4.69, 9.17) is 14.2 Å². The topological polar surface area (TPSA) is 73.9 Å². The van der Waals surface area contributed by atoms with Crippen LogP contribution in [-0.4, -0.2) is 37.9 Å². The van der Waals surface area contributed by atoms with Crippen molar-refractivity contribution in [3.8, 4) is 0 Å². The predicted octanol–water partition coefficient (Wildman–Crippen LogP) is 3.89. The van der Waals surface area contributed by atoms with Gasteiger partial charge >= 0.3 is 6.16 Å². The molecule has 3 rings (SSSR count). The summed E-state index contributed by atoms with van der Waals surface area (Å²) in [6.07, 6.45) is 2.43. The van der Waals surface area contributed by atoms with Crippen LogP contribution in [0.25, 0.3) is 5.57 Å². The number of carbonyl (C=O) groups is 2. The van der Waals surface area contributed by atoms with Crippen molar-refractivity contribution >= 4 is 17.6 Å². The number of benzene rings is 1. The van der Waals surface area contributed by atoms with Crippen molar-refractivity contribution in [1.82, 2.24) is 5.32 Å². The van der Waals surface area contributed by atoms with Gasteiger partial charge in [-0.3, -0.25) is 4.79 Å². The number of amides is 1. The molecule has 1 heterocycles. The second kappa shape index (κ2) is 8.35. The molecule has 0 atom stereocenters. The van der Waals surface area contributed by atoms with E-state index in [1.165, 1.54) is 0 Å². The Labute approximate surface area is 166 Å². The summed E-state index contributed by atoms with van der Waals surface area (Å²) in [6, 6.07) is 5.95. The molecule has 2 aliphatic rings. The Kier molecular flexibility index (Phi) is 6.08. The third-order valence-electron chi connectivity index (χ3n) is 5.71. The molecule has 1 aromatic rings. The number of rotatable bonds is 5. The van der Waals surface area contributed by atoms with Gasteiger partial charge in [-0.15, -0.1) is 0 Å². The minimum absolute atomic E-state index is 0.196. The molecule has 0 unspecified atom stereocenters. The van der Waals surface area contributed by atoms with Gasteiger partial charge in [0.25, 0.3) is 5.91 Å². The van der Waals surface area contributed by atoms with E-state index in [-0.39, 0.29) is 12.5 Å². The average molecular weight is 387 g/mol. The highest BCUT2D eigenvalue weighted by Crippen LogP contribution is 2.45. The lowest BCUT2D eigenvalue weighted by Crippen LogP contribution is -2.48. The van der Waals surface area contributed by atoms with Crippen molar-refractivity contribution in [1.29, 1.82) is 0 Å². The molecule has 0 saturated heterocycles. The van der Waals surface area contributed by atoms with Crippen molar-refractivity contribution in [2.24, 2.45) is 5.92 Å². The number of methoxy groups -OCH3 is 1. The zero-order chi connectivity index (χ0) is 20.3. The van der Waals surface area contributed by atoms with Crippen molar-refractivity contribution in [3.05, 3.63) is 40.6 Å². The Morgan fingerprint density at radius 1 is 1.25 bits per heavy atom. The van der Waals surface area contributed by atoms with Gasteiger partial charge in [0.05, 0.1) is 17.7 Å². The SMILES string of the molecule is CCOC(=O)OC1=C(c2cc(C)ccc2C)C(=O)NC12CCC(COC)CC2. The lowest BCUT2D eigenvalue weighted by Gasteiger charge is -2.38. The molecule has 0 bridgehead atoms. The van der Waals surface area contributed by atoms with Crippen LogP contribution in [0.1, 0.15) is 49.3 Å². The second-order valence-corrected chi connectivity index (χ2v) is 7.74. The van der Waals surface area contributed by atoms with Gasteiger partial charge in [0.1, 0.15) is 5.76 Å². The molecule has 1 aromatic carbocycles. The first-order valence-electron chi connectivity index (χ1n) is 9.88. The zero-order valence-corrected chi connectivity index (χ0v) is 17.1. The van der Waals surface area contributed by atoms with Crippen molar-refractivity contribution in [3.63, 3.8) is 0 Å². The van der Waals surface area contributed by atoms with Crippen LogP contribution in [0.3, 0.4) is 0 Å². The number of carbonyl (C=O) groups excluding carboxylic acids is 2. The first-order valence-corrected chi connectivity index (χ1v) is 9.88. The molecular weight excluding hydrogens is 358 g/mol. The smallest absolute Gasteiger partial charge is 0.434 e. The van der Waals surface area contributed by atoms with Gasteiger partial charge in [-0.2, -0.15) is 0 Å². The first kappa shape index (κ1) is 20.4. The van der Waals surface area contributed by atoms with Gasteiger partial charge in [0.2, 0.25) is 0 Å². The van der Waals surface area contributed by atoms with Crippen LogP contribution < -0.4 is 5.32 Å². The first-order chi connectivity index (χ1) is 13.4. The van der Waals surface area contributed by atoms with E-state index in [9.17, 15) is 9.59 Å². The summed E-state index contributed by atoms with van der Waals surface area (Å²) in [5.74, 6) is 0.653. The van der Waals surface area contributed by atoms with E-state index < -0.39 is 11.7 Å². The van der Waals surface area contributed by atoms with E-state index >= 15 is 0 Å². The molecule has 152 valence electrons. The van der Waals surface area contributed by atoms with Gasteiger partial charge in [-0.05, 0) is 63.5 Å². The normalized spacial score (nSPS) is 24.4. The van der Waals surface area contributed by atoms with Crippen LogP contribution in [0, 0.1) is 19.8 Å². The molecule has 1 aliphatic heterocycles. The number of aryl methyl sites for hydroxylation is 2. The van der Waals surface area contributed by atoms with Gasteiger partial charge in [-0.25, -0.2) is 4.79 Å². The zero-order valence-electron chi connectivity index (χ0n) is 17.1. The van der Waals surface area contributed by atoms with Gasteiger partial charge in [-0.1, -0.05) is 23.8 Å². The third kappa shape index (κ3) is 3.92. The fourth-order valence-electron chi connectivity index (χ4n) is 4.23. The lowest BCUT2D eigenvalue weighted by atomic mass is 9.75. The Hall–Kier alpha value is -2.34. The number of nitrogens with one attached hydrogen (secondary N) is 1. The second-order valence-electron chi connectivity index (χ2n) is 7.74. The number of hydrogen-bond acceptors (Lipinski definition) is 5. The molecule has 1 amide bonds. The van der Waals surface area contributed by atoms with E-state index in [0.717, 1.165) is 29.5 Å². The molecule has 1 saturated carbocycles. The van der Waals surface area contributed by atoms with Crippen LogP contribution in [0.15, 0.2) is 24.0 Å². The average Bonchev–Trinajstić information content (AvgIpc) is 2.91. The van der Waals surface area contributed by atoms with Crippen LogP contribution >= 0.6 is 0 Å². The van der Waals surface area contributed by atoms with E-state index in [0.29, 0.717) is 36.7 Å². The highest BCUT2D eigenvalue weighted by Gasteiger charge is 2.50. The molecule has 28 heavy (non-hydrogen) atoms. The largest absolute Gasteiger partial charge is 0.513 e.